The van der Waals surface area contributed by atoms with Gasteiger partial charge in [-0.2, -0.15) is 5.26 Å². The van der Waals surface area contributed by atoms with E-state index in [1.54, 1.807) is 6.92 Å². The number of benzene rings is 2. The van der Waals surface area contributed by atoms with Crippen molar-refractivity contribution in [2.75, 3.05) is 13.1 Å². The molecule has 0 bridgehead atoms. The molecular weight excluding hydrogens is 500 g/mol. The van der Waals surface area contributed by atoms with Gasteiger partial charge in [0.1, 0.15) is 18.1 Å². The number of hydrogen-bond donors (Lipinski definition) is 4. The summed E-state index contributed by atoms with van der Waals surface area (Å²) in [4.78, 5) is 49.9. The van der Waals surface area contributed by atoms with Crippen molar-refractivity contribution in [1.29, 1.82) is 5.26 Å². The number of nitrogens with one attached hydrogen (secondary N) is 4. The van der Waals surface area contributed by atoms with Gasteiger partial charge in [-0.3, -0.25) is 19.7 Å². The van der Waals surface area contributed by atoms with E-state index in [1.165, 1.54) is 6.07 Å². The number of aldehydes is 1. The van der Waals surface area contributed by atoms with E-state index < -0.39 is 29.9 Å². The topological polar surface area (TPSA) is 166 Å². The molecule has 1 fully saturated rings. The first-order valence-electron chi connectivity index (χ1n) is 12.7. The number of amides is 3. The number of aryl methyl sites for hydroxylation is 1. The highest BCUT2D eigenvalue weighted by Gasteiger charge is 2.29. The number of nitriles is 1. The van der Waals surface area contributed by atoms with E-state index in [1.807, 2.05) is 42.5 Å². The number of rotatable bonds is 12. The molecule has 2 aromatic carbocycles. The lowest BCUT2D eigenvalue weighted by Gasteiger charge is -2.22. The van der Waals surface area contributed by atoms with Crippen molar-refractivity contribution in [2.45, 2.75) is 44.3 Å². The Labute approximate surface area is 225 Å². The summed E-state index contributed by atoms with van der Waals surface area (Å²) in [5.41, 5.74) is 0.870. The molecule has 2 heterocycles. The van der Waals surface area contributed by atoms with Gasteiger partial charge in [0.15, 0.2) is 5.69 Å². The van der Waals surface area contributed by atoms with Crippen LogP contribution in [0.1, 0.15) is 34.7 Å². The van der Waals surface area contributed by atoms with Crippen molar-refractivity contribution in [3.05, 3.63) is 65.5 Å². The summed E-state index contributed by atoms with van der Waals surface area (Å²) in [5, 5.41) is 26.2. The van der Waals surface area contributed by atoms with E-state index in [0.717, 1.165) is 16.3 Å². The quantitative estimate of drug-likeness (QED) is 0.253. The van der Waals surface area contributed by atoms with E-state index in [-0.39, 0.29) is 30.5 Å². The molecule has 1 aliphatic heterocycles. The van der Waals surface area contributed by atoms with Crippen molar-refractivity contribution < 1.29 is 23.7 Å². The van der Waals surface area contributed by atoms with E-state index >= 15 is 0 Å². The first kappa shape index (κ1) is 27.5. The van der Waals surface area contributed by atoms with Gasteiger partial charge in [-0.25, -0.2) is 0 Å². The zero-order chi connectivity index (χ0) is 27.8. The third-order valence-corrected chi connectivity index (χ3v) is 6.70. The van der Waals surface area contributed by atoms with Crippen LogP contribution in [0.25, 0.3) is 10.8 Å². The second-order valence-electron chi connectivity index (χ2n) is 9.54. The number of carbonyl (C=O) groups is 4. The first-order valence-corrected chi connectivity index (χ1v) is 12.7. The number of carbonyl (C=O) groups excluding carboxylic acids is 4. The number of hydrogen-bond acceptors (Lipinski definition) is 8. The SMILES string of the molecule is Cc1cc(C(=O)N[C@@H](Cc2cccc3ccccc23)C(=O)NC(C=O)CN[C@H](C#N)C[C@@H]2CCNC2=O)no1. The monoisotopic (exact) mass is 530 g/mol. The molecular formula is C28H30N6O5. The summed E-state index contributed by atoms with van der Waals surface area (Å²) in [5.74, 6) is -1.07. The molecule has 11 nitrogen and oxygen atoms in total. The van der Waals surface area contributed by atoms with Crippen molar-refractivity contribution >= 4 is 34.8 Å². The minimum absolute atomic E-state index is 0.0147. The molecule has 39 heavy (non-hydrogen) atoms. The molecule has 1 saturated heterocycles. The average molecular weight is 531 g/mol. The molecule has 4 N–H and O–H groups in total. The number of nitrogens with zero attached hydrogens (tertiary/aromatic N) is 2. The van der Waals surface area contributed by atoms with Crippen LogP contribution in [0, 0.1) is 24.2 Å². The molecule has 11 heteroatoms. The highest BCUT2D eigenvalue weighted by atomic mass is 16.5. The van der Waals surface area contributed by atoms with Crippen LogP contribution >= 0.6 is 0 Å². The molecule has 4 rings (SSSR count). The first-order chi connectivity index (χ1) is 18.9. The Morgan fingerprint density at radius 2 is 2.03 bits per heavy atom. The summed E-state index contributed by atoms with van der Waals surface area (Å²) >= 11 is 0. The van der Waals surface area contributed by atoms with Crippen LogP contribution in [0.2, 0.25) is 0 Å². The van der Waals surface area contributed by atoms with Crippen molar-refractivity contribution in [3.63, 3.8) is 0 Å². The minimum Gasteiger partial charge on any atom is -0.361 e. The molecule has 1 aromatic heterocycles. The van der Waals surface area contributed by atoms with Crippen LogP contribution in [-0.2, 0) is 20.8 Å². The predicted molar refractivity (Wildman–Crippen MR) is 141 cm³/mol. The van der Waals surface area contributed by atoms with Crippen LogP contribution in [0.5, 0.6) is 0 Å². The Balaban J connectivity index is 1.46. The summed E-state index contributed by atoms with van der Waals surface area (Å²) in [7, 11) is 0. The lowest BCUT2D eigenvalue weighted by molar-refractivity contribution is -0.125. The molecule has 3 amide bonds. The van der Waals surface area contributed by atoms with Gasteiger partial charge in [0.25, 0.3) is 5.91 Å². The van der Waals surface area contributed by atoms with Gasteiger partial charge in [-0.1, -0.05) is 47.6 Å². The second-order valence-corrected chi connectivity index (χ2v) is 9.54. The van der Waals surface area contributed by atoms with E-state index in [4.69, 9.17) is 4.52 Å². The van der Waals surface area contributed by atoms with Crippen LogP contribution < -0.4 is 21.3 Å². The van der Waals surface area contributed by atoms with Crippen LogP contribution in [0.15, 0.2) is 53.1 Å². The molecule has 3 aromatic rings. The summed E-state index contributed by atoms with van der Waals surface area (Å²) in [6, 6.07) is 14.3. The maximum atomic E-state index is 13.4. The lowest BCUT2D eigenvalue weighted by atomic mass is 9.98. The van der Waals surface area contributed by atoms with E-state index in [0.29, 0.717) is 31.4 Å². The molecule has 0 radical (unpaired) electrons. The smallest absolute Gasteiger partial charge is 0.274 e. The van der Waals surface area contributed by atoms with Gasteiger partial charge in [0, 0.05) is 31.5 Å². The van der Waals surface area contributed by atoms with Crippen LogP contribution in [0.3, 0.4) is 0 Å². The Morgan fingerprint density at radius 1 is 1.23 bits per heavy atom. The lowest BCUT2D eigenvalue weighted by Crippen LogP contribution is -2.54. The van der Waals surface area contributed by atoms with Crippen molar-refractivity contribution in [2.24, 2.45) is 5.92 Å². The largest absolute Gasteiger partial charge is 0.361 e. The Bertz CT molecular complexity index is 1390. The molecule has 4 atom stereocenters. The molecule has 0 spiro atoms. The Hall–Kier alpha value is -4.56. The maximum Gasteiger partial charge on any atom is 0.274 e. The minimum atomic E-state index is -1.03. The standard InChI is InChI=1S/C28H30N6O5/c1-17-11-25(34-39-17)28(38)33-24(13-19-7-4-6-18-5-2-3-8-23(18)19)27(37)32-22(16-35)15-31-21(14-29)12-20-9-10-30-26(20)36/h2-8,11,16,20-22,24,31H,9-10,12-13,15H2,1H3,(H,30,36)(H,32,37)(H,33,38)/t20-,21-,22?,24-/m0/s1. The van der Waals surface area contributed by atoms with Crippen LogP contribution in [-0.4, -0.2) is 60.4 Å². The Kier molecular flexibility index (Phi) is 9.01. The maximum absolute atomic E-state index is 13.4. The average Bonchev–Trinajstić information content (AvgIpc) is 3.57. The van der Waals surface area contributed by atoms with E-state index in [2.05, 4.69) is 32.5 Å². The highest BCUT2D eigenvalue weighted by Crippen LogP contribution is 2.20. The number of aromatic nitrogens is 1. The fraction of sp³-hybridized carbons (Fsp3) is 0.357. The van der Waals surface area contributed by atoms with Crippen LogP contribution in [0.4, 0.5) is 0 Å². The van der Waals surface area contributed by atoms with E-state index in [9.17, 15) is 24.4 Å². The summed E-state index contributed by atoms with van der Waals surface area (Å²) in [6.45, 7) is 2.21. The zero-order valence-electron chi connectivity index (χ0n) is 21.5. The van der Waals surface area contributed by atoms with Gasteiger partial charge in [-0.05, 0) is 36.1 Å². The Morgan fingerprint density at radius 3 is 2.72 bits per heavy atom. The van der Waals surface area contributed by atoms with Gasteiger partial charge in [-0.15, -0.1) is 0 Å². The fourth-order valence-electron chi connectivity index (χ4n) is 4.63. The number of fused-ring (bicyclic) bond motifs is 1. The van der Waals surface area contributed by atoms with Gasteiger partial charge >= 0.3 is 0 Å². The molecule has 0 aliphatic carbocycles. The molecule has 1 unspecified atom stereocenters. The molecule has 202 valence electrons. The predicted octanol–water partition coefficient (Wildman–Crippen LogP) is 1.17. The highest BCUT2D eigenvalue weighted by molar-refractivity contribution is 5.97. The normalized spacial score (nSPS) is 17.0. The molecule has 0 saturated carbocycles. The van der Waals surface area contributed by atoms with Crippen molar-refractivity contribution in [3.8, 4) is 6.07 Å². The summed E-state index contributed by atoms with van der Waals surface area (Å²) in [6.07, 6.45) is 1.68. The zero-order valence-corrected chi connectivity index (χ0v) is 21.5. The fourth-order valence-corrected chi connectivity index (χ4v) is 4.63. The molecule has 1 aliphatic rings. The summed E-state index contributed by atoms with van der Waals surface area (Å²) < 4.78 is 4.99. The van der Waals surface area contributed by atoms with Gasteiger partial charge < -0.3 is 25.3 Å². The van der Waals surface area contributed by atoms with Crippen molar-refractivity contribution in [1.82, 2.24) is 26.4 Å². The third kappa shape index (κ3) is 7.06. The van der Waals surface area contributed by atoms with Gasteiger partial charge in [0.05, 0.1) is 18.2 Å². The van der Waals surface area contributed by atoms with Gasteiger partial charge in [0.2, 0.25) is 11.8 Å². The second kappa shape index (κ2) is 12.8. The third-order valence-electron chi connectivity index (χ3n) is 6.70.